The molecule has 1 spiro atoms. The number of hydrogen-bond donors (Lipinski definition) is 1. The second-order valence-electron chi connectivity index (χ2n) is 5.65. The number of nitrogens with zero attached hydrogens (tertiary/aromatic N) is 5. The van der Waals surface area contributed by atoms with E-state index in [-0.39, 0.29) is 5.60 Å². The highest BCUT2D eigenvalue weighted by molar-refractivity contribution is 5.93. The van der Waals surface area contributed by atoms with Crippen LogP contribution >= 0.6 is 0 Å². The van der Waals surface area contributed by atoms with Crippen molar-refractivity contribution < 1.29 is 4.74 Å². The third-order valence-electron chi connectivity index (χ3n) is 4.35. The van der Waals surface area contributed by atoms with Gasteiger partial charge in [-0.2, -0.15) is 5.10 Å². The lowest BCUT2D eigenvalue weighted by molar-refractivity contribution is 0.0330. The summed E-state index contributed by atoms with van der Waals surface area (Å²) in [7, 11) is 0. The molecule has 0 unspecified atom stereocenters. The van der Waals surface area contributed by atoms with Crippen molar-refractivity contribution in [1.82, 2.24) is 14.6 Å². The van der Waals surface area contributed by atoms with Crippen molar-refractivity contribution in [2.75, 3.05) is 25.0 Å². The Bertz CT molecular complexity index is 696. The topological polar surface area (TPSA) is 77.9 Å². The molecular formula is C14H17N6O-. The van der Waals surface area contributed by atoms with E-state index in [1.54, 1.807) is 4.52 Å². The second-order valence-corrected chi connectivity index (χ2v) is 5.65. The Balaban J connectivity index is 1.55. The first-order valence-corrected chi connectivity index (χ1v) is 7.19. The van der Waals surface area contributed by atoms with Crippen molar-refractivity contribution in [2.24, 2.45) is 10.9 Å². The number of hydrogen-bond acceptors (Lipinski definition) is 5. The fourth-order valence-electron chi connectivity index (χ4n) is 2.90. The summed E-state index contributed by atoms with van der Waals surface area (Å²) < 4.78 is 7.87. The first-order valence-electron chi connectivity index (χ1n) is 7.19. The molecule has 4 rings (SSSR count). The summed E-state index contributed by atoms with van der Waals surface area (Å²) in [6.07, 6.45) is 4.45. The van der Waals surface area contributed by atoms with Crippen molar-refractivity contribution >= 4 is 17.4 Å². The van der Waals surface area contributed by atoms with Crippen molar-refractivity contribution in [1.29, 1.82) is 0 Å². The van der Waals surface area contributed by atoms with Crippen LogP contribution in [0.3, 0.4) is 0 Å². The van der Waals surface area contributed by atoms with E-state index >= 15 is 0 Å². The van der Waals surface area contributed by atoms with E-state index < -0.39 is 0 Å². The van der Waals surface area contributed by atoms with Gasteiger partial charge in [-0.05, 0) is 18.1 Å². The van der Waals surface area contributed by atoms with E-state index in [4.69, 9.17) is 4.74 Å². The van der Waals surface area contributed by atoms with Gasteiger partial charge in [0.1, 0.15) is 17.4 Å². The molecule has 110 valence electrons. The highest BCUT2D eigenvalue weighted by Gasteiger charge is 2.41. The molecule has 0 radical (unpaired) electrons. The summed E-state index contributed by atoms with van der Waals surface area (Å²) in [5, 5.41) is 11.8. The van der Waals surface area contributed by atoms with E-state index in [0.29, 0.717) is 30.8 Å². The Morgan fingerprint density at radius 1 is 1.52 bits per heavy atom. The van der Waals surface area contributed by atoms with Crippen molar-refractivity contribution in [3.63, 3.8) is 0 Å². The van der Waals surface area contributed by atoms with E-state index in [2.05, 4.69) is 32.6 Å². The zero-order valence-electron chi connectivity index (χ0n) is 11.9. The molecule has 0 amide bonds. The molecule has 2 aromatic heterocycles. The number of amidine groups is 1. The lowest BCUT2D eigenvalue weighted by atomic mass is 9.83. The summed E-state index contributed by atoms with van der Waals surface area (Å²) >= 11 is 0. The lowest BCUT2D eigenvalue weighted by Crippen LogP contribution is -2.47. The molecule has 1 N–H and O–H groups in total. The number of fused-ring (bicyclic) bond motifs is 1. The van der Waals surface area contributed by atoms with Gasteiger partial charge < -0.3 is 10.1 Å². The van der Waals surface area contributed by atoms with Crippen LogP contribution in [0.15, 0.2) is 29.6 Å². The van der Waals surface area contributed by atoms with Crippen molar-refractivity contribution in [3.05, 3.63) is 30.0 Å². The number of anilines is 1. The normalized spacial score (nSPS) is 28.6. The molecular weight excluding hydrogens is 268 g/mol. The van der Waals surface area contributed by atoms with E-state index in [0.717, 1.165) is 18.5 Å². The molecule has 2 aromatic rings. The Morgan fingerprint density at radius 3 is 3.38 bits per heavy atom. The van der Waals surface area contributed by atoms with Crippen LogP contribution in [0.25, 0.3) is 10.8 Å². The predicted octanol–water partition coefficient (Wildman–Crippen LogP) is 1.68. The Kier molecular flexibility index (Phi) is 2.81. The van der Waals surface area contributed by atoms with Crippen LogP contribution in [0.2, 0.25) is 0 Å². The molecule has 0 aliphatic carbocycles. The zero-order chi connectivity index (χ0) is 14.3. The quantitative estimate of drug-likeness (QED) is 0.864. The van der Waals surface area contributed by atoms with Gasteiger partial charge in [0.25, 0.3) is 6.02 Å². The largest absolute Gasteiger partial charge is 0.659 e. The minimum Gasteiger partial charge on any atom is -0.659 e. The number of nitrogens with one attached hydrogen (secondary N) is 1. The molecule has 0 bridgehead atoms. The Morgan fingerprint density at radius 2 is 2.48 bits per heavy atom. The summed E-state index contributed by atoms with van der Waals surface area (Å²) in [5.74, 6) is 1.16. The first kappa shape index (κ1) is 12.6. The smallest absolute Gasteiger partial charge is 0.291 e. The minimum absolute atomic E-state index is 0.272. The highest BCUT2D eigenvalue weighted by Crippen LogP contribution is 2.35. The van der Waals surface area contributed by atoms with E-state index in [1.165, 1.54) is 6.33 Å². The van der Waals surface area contributed by atoms with Gasteiger partial charge in [-0.25, -0.2) is 14.5 Å². The van der Waals surface area contributed by atoms with Crippen LogP contribution in [-0.4, -0.2) is 45.9 Å². The maximum Gasteiger partial charge on any atom is 0.291 e. The monoisotopic (exact) mass is 285 g/mol. The van der Waals surface area contributed by atoms with Gasteiger partial charge in [-0.15, -0.1) is 13.1 Å². The van der Waals surface area contributed by atoms with Gasteiger partial charge in [0.2, 0.25) is 0 Å². The van der Waals surface area contributed by atoms with Gasteiger partial charge in [0, 0.05) is 6.20 Å². The number of aromatic nitrogens is 3. The van der Waals surface area contributed by atoms with Crippen LogP contribution in [-0.2, 0) is 4.74 Å². The summed E-state index contributed by atoms with van der Waals surface area (Å²) in [6.45, 7) is 4.50. The van der Waals surface area contributed by atoms with Gasteiger partial charge >= 0.3 is 0 Å². The average molecular weight is 285 g/mol. The maximum atomic E-state index is 6.11. The fourth-order valence-corrected chi connectivity index (χ4v) is 2.90. The number of piperidine rings is 1. The predicted molar refractivity (Wildman–Crippen MR) is 79.6 cm³/mol. The average Bonchev–Trinajstić information content (AvgIpc) is 3.11. The molecule has 0 saturated carbocycles. The minimum atomic E-state index is -0.272. The van der Waals surface area contributed by atoms with Crippen molar-refractivity contribution in [3.8, 4) is 0 Å². The van der Waals surface area contributed by atoms with Crippen LogP contribution in [0.1, 0.15) is 13.3 Å². The molecule has 1 saturated heterocycles. The van der Waals surface area contributed by atoms with Crippen LogP contribution in [0, 0.1) is 5.92 Å². The summed E-state index contributed by atoms with van der Waals surface area (Å²) in [6, 6.07) is 4.41. The molecule has 2 atom stereocenters. The number of rotatable bonds is 1. The zero-order valence-corrected chi connectivity index (χ0v) is 11.9. The van der Waals surface area contributed by atoms with E-state index in [9.17, 15) is 0 Å². The summed E-state index contributed by atoms with van der Waals surface area (Å²) in [4.78, 5) is 8.77. The molecule has 4 heterocycles. The fraction of sp³-hybridized carbons (Fsp3) is 0.500. The van der Waals surface area contributed by atoms with Crippen LogP contribution in [0.4, 0.5) is 5.82 Å². The molecule has 7 nitrogen and oxygen atoms in total. The first-order chi connectivity index (χ1) is 10.3. The number of aliphatic imine (C=N–C) groups is 1. The molecule has 1 fully saturated rings. The second kappa shape index (κ2) is 4.70. The molecule has 2 aliphatic rings. The Labute approximate surface area is 122 Å². The highest BCUT2D eigenvalue weighted by atomic mass is 16.5. The van der Waals surface area contributed by atoms with Gasteiger partial charge in [-0.1, -0.05) is 13.3 Å². The van der Waals surface area contributed by atoms with Crippen LogP contribution in [0.5, 0.6) is 0 Å². The molecule has 7 heteroatoms. The van der Waals surface area contributed by atoms with Gasteiger partial charge in [-0.3, -0.25) is 5.32 Å². The third kappa shape index (κ3) is 2.04. The lowest BCUT2D eigenvalue weighted by Gasteiger charge is -2.45. The molecule has 21 heavy (non-hydrogen) atoms. The Hall–Kier alpha value is -2.15. The third-order valence-corrected chi connectivity index (χ3v) is 4.35. The standard InChI is InChI=1S/C14H17N6O/c1-10-4-5-15-7-14(10)8-16-13(21-14)19-12-11-3-2-6-20(11)18-9-17-12/h2-3,6,9-10H,4-5,7-8H2,1H3,(H,16,17,18,19)/q-1/t10-,14+/m0/s1. The van der Waals surface area contributed by atoms with Crippen molar-refractivity contribution in [2.45, 2.75) is 18.9 Å². The maximum absolute atomic E-state index is 6.11. The SMILES string of the molecule is C[C@H]1CC[N-]C[C@@]12CN=C(Nc1ncnn3cccc13)O2. The molecule has 0 aromatic carbocycles. The summed E-state index contributed by atoms with van der Waals surface area (Å²) in [5.41, 5.74) is 0.623. The molecule has 2 aliphatic heterocycles. The van der Waals surface area contributed by atoms with Gasteiger partial charge in [0.05, 0.1) is 6.54 Å². The van der Waals surface area contributed by atoms with Gasteiger partial charge in [0.15, 0.2) is 5.82 Å². The van der Waals surface area contributed by atoms with Crippen LogP contribution < -0.4 is 5.32 Å². The number of ether oxygens (including phenoxy) is 1. The van der Waals surface area contributed by atoms with E-state index in [1.807, 2.05) is 18.3 Å².